The van der Waals surface area contributed by atoms with Gasteiger partial charge in [-0.2, -0.15) is 0 Å². The number of hydrogen-bond acceptors (Lipinski definition) is 2. The van der Waals surface area contributed by atoms with Crippen molar-refractivity contribution in [3.63, 3.8) is 0 Å². The highest BCUT2D eigenvalue weighted by atomic mass is 16.1. The van der Waals surface area contributed by atoms with Gasteiger partial charge >= 0.3 is 0 Å². The SMILES string of the molecule is CC(CC(=O)NC1CCNC1)C(C)(C)C. The van der Waals surface area contributed by atoms with Crippen LogP contribution in [0.2, 0.25) is 0 Å². The minimum atomic E-state index is 0.200. The standard InChI is InChI=1S/C12H24N2O/c1-9(12(2,3)4)7-11(15)14-10-5-6-13-8-10/h9-10,13H,5-8H2,1-4H3,(H,14,15). The van der Waals surface area contributed by atoms with Crippen LogP contribution >= 0.6 is 0 Å². The second-order valence-electron chi connectivity index (χ2n) is 5.73. The zero-order valence-electron chi connectivity index (χ0n) is 10.4. The van der Waals surface area contributed by atoms with E-state index in [1.807, 2.05) is 0 Å². The molecule has 0 aromatic heterocycles. The number of nitrogens with one attached hydrogen (secondary N) is 2. The third-order valence-corrected chi connectivity index (χ3v) is 3.40. The molecule has 2 atom stereocenters. The molecule has 3 heteroatoms. The monoisotopic (exact) mass is 212 g/mol. The van der Waals surface area contributed by atoms with Crippen LogP contribution in [0.3, 0.4) is 0 Å². The van der Waals surface area contributed by atoms with E-state index in [-0.39, 0.29) is 11.3 Å². The summed E-state index contributed by atoms with van der Waals surface area (Å²) in [6.45, 7) is 10.6. The van der Waals surface area contributed by atoms with E-state index in [1.54, 1.807) is 0 Å². The van der Waals surface area contributed by atoms with Gasteiger partial charge in [-0.25, -0.2) is 0 Å². The minimum Gasteiger partial charge on any atom is -0.352 e. The smallest absolute Gasteiger partial charge is 0.220 e. The highest BCUT2D eigenvalue weighted by Crippen LogP contribution is 2.27. The van der Waals surface area contributed by atoms with Crippen LogP contribution in [-0.2, 0) is 4.79 Å². The number of amides is 1. The zero-order chi connectivity index (χ0) is 11.5. The first-order valence-corrected chi connectivity index (χ1v) is 5.89. The van der Waals surface area contributed by atoms with Crippen LogP contribution in [0.15, 0.2) is 0 Å². The molecule has 2 N–H and O–H groups in total. The lowest BCUT2D eigenvalue weighted by Crippen LogP contribution is -2.38. The Morgan fingerprint density at radius 2 is 2.20 bits per heavy atom. The summed E-state index contributed by atoms with van der Waals surface area (Å²) < 4.78 is 0. The number of hydrogen-bond donors (Lipinski definition) is 2. The van der Waals surface area contributed by atoms with Crippen molar-refractivity contribution in [2.24, 2.45) is 11.3 Å². The van der Waals surface area contributed by atoms with Gasteiger partial charge in [-0.1, -0.05) is 27.7 Å². The maximum Gasteiger partial charge on any atom is 0.220 e. The van der Waals surface area contributed by atoms with Crippen LogP contribution in [0.25, 0.3) is 0 Å². The minimum absolute atomic E-state index is 0.200. The van der Waals surface area contributed by atoms with Crippen LogP contribution in [0.5, 0.6) is 0 Å². The van der Waals surface area contributed by atoms with E-state index < -0.39 is 0 Å². The van der Waals surface area contributed by atoms with E-state index in [4.69, 9.17) is 0 Å². The molecule has 15 heavy (non-hydrogen) atoms. The fourth-order valence-electron chi connectivity index (χ4n) is 1.65. The summed E-state index contributed by atoms with van der Waals surface area (Å²) in [6.07, 6.45) is 1.70. The largest absolute Gasteiger partial charge is 0.352 e. The van der Waals surface area contributed by atoms with Crippen LogP contribution in [0, 0.1) is 11.3 Å². The number of rotatable bonds is 3. The quantitative estimate of drug-likeness (QED) is 0.745. The average Bonchev–Trinajstić information content (AvgIpc) is 2.54. The first kappa shape index (κ1) is 12.5. The highest BCUT2D eigenvalue weighted by Gasteiger charge is 2.24. The molecule has 88 valence electrons. The second kappa shape index (κ2) is 4.97. The Balaban J connectivity index is 2.29. The van der Waals surface area contributed by atoms with Crippen molar-refractivity contribution in [3.8, 4) is 0 Å². The van der Waals surface area contributed by atoms with Crippen molar-refractivity contribution < 1.29 is 4.79 Å². The summed E-state index contributed by atoms with van der Waals surface area (Å²) in [4.78, 5) is 11.7. The molecular weight excluding hydrogens is 188 g/mol. The molecule has 1 heterocycles. The fraction of sp³-hybridized carbons (Fsp3) is 0.917. The van der Waals surface area contributed by atoms with E-state index in [1.165, 1.54) is 0 Å². The van der Waals surface area contributed by atoms with Crippen LogP contribution < -0.4 is 10.6 Å². The summed E-state index contributed by atoms with van der Waals surface area (Å²) >= 11 is 0. The van der Waals surface area contributed by atoms with Crippen molar-refractivity contribution in [1.82, 2.24) is 10.6 Å². The van der Waals surface area contributed by atoms with Crippen LogP contribution in [0.4, 0.5) is 0 Å². The summed E-state index contributed by atoms with van der Waals surface area (Å²) in [6, 6.07) is 0.352. The molecule has 0 radical (unpaired) electrons. The number of carbonyl (C=O) groups is 1. The maximum atomic E-state index is 11.7. The van der Waals surface area contributed by atoms with Crippen molar-refractivity contribution in [2.45, 2.75) is 46.6 Å². The van der Waals surface area contributed by atoms with Gasteiger partial charge in [-0.15, -0.1) is 0 Å². The van der Waals surface area contributed by atoms with E-state index in [0.717, 1.165) is 19.5 Å². The lowest BCUT2D eigenvalue weighted by molar-refractivity contribution is -0.123. The Hall–Kier alpha value is -0.570. The van der Waals surface area contributed by atoms with Gasteiger partial charge in [0.1, 0.15) is 0 Å². The molecule has 1 aliphatic rings. The molecule has 3 nitrogen and oxygen atoms in total. The molecule has 0 bridgehead atoms. The van der Waals surface area contributed by atoms with Gasteiger partial charge in [0.05, 0.1) is 0 Å². The van der Waals surface area contributed by atoms with E-state index in [9.17, 15) is 4.79 Å². The van der Waals surface area contributed by atoms with Gasteiger partial charge in [0.2, 0.25) is 5.91 Å². The second-order valence-corrected chi connectivity index (χ2v) is 5.73. The number of carbonyl (C=O) groups excluding carboxylic acids is 1. The Bertz CT molecular complexity index is 214. The normalized spacial score (nSPS) is 23.9. The Morgan fingerprint density at radius 1 is 1.53 bits per heavy atom. The van der Waals surface area contributed by atoms with E-state index >= 15 is 0 Å². The summed E-state index contributed by atoms with van der Waals surface area (Å²) in [7, 11) is 0. The Morgan fingerprint density at radius 3 is 2.67 bits per heavy atom. The molecule has 0 aliphatic carbocycles. The van der Waals surface area contributed by atoms with Crippen molar-refractivity contribution in [3.05, 3.63) is 0 Å². The topological polar surface area (TPSA) is 41.1 Å². The predicted octanol–water partition coefficient (Wildman–Crippen LogP) is 1.54. The highest BCUT2D eigenvalue weighted by molar-refractivity contribution is 5.76. The summed E-state index contributed by atoms with van der Waals surface area (Å²) in [5.74, 6) is 0.623. The molecule has 1 fully saturated rings. The molecule has 0 spiro atoms. The van der Waals surface area contributed by atoms with E-state index in [2.05, 4.69) is 38.3 Å². The third-order valence-electron chi connectivity index (χ3n) is 3.40. The van der Waals surface area contributed by atoms with Crippen LogP contribution in [0.1, 0.15) is 40.5 Å². The molecule has 1 rings (SSSR count). The van der Waals surface area contributed by atoms with Crippen molar-refractivity contribution in [2.75, 3.05) is 13.1 Å². The van der Waals surface area contributed by atoms with Gasteiger partial charge < -0.3 is 10.6 Å². The van der Waals surface area contributed by atoms with Gasteiger partial charge in [-0.05, 0) is 24.3 Å². The lowest BCUT2D eigenvalue weighted by atomic mass is 9.80. The van der Waals surface area contributed by atoms with E-state index in [0.29, 0.717) is 18.4 Å². The van der Waals surface area contributed by atoms with Gasteiger partial charge in [0.15, 0.2) is 0 Å². The first-order chi connectivity index (χ1) is 6.89. The van der Waals surface area contributed by atoms with Crippen molar-refractivity contribution in [1.29, 1.82) is 0 Å². The first-order valence-electron chi connectivity index (χ1n) is 5.89. The predicted molar refractivity (Wildman–Crippen MR) is 62.7 cm³/mol. The van der Waals surface area contributed by atoms with Gasteiger partial charge in [0.25, 0.3) is 0 Å². The van der Waals surface area contributed by atoms with Gasteiger partial charge in [-0.3, -0.25) is 4.79 Å². The lowest BCUT2D eigenvalue weighted by Gasteiger charge is -2.27. The molecule has 2 unspecified atom stereocenters. The fourth-order valence-corrected chi connectivity index (χ4v) is 1.65. The molecule has 0 aromatic carbocycles. The van der Waals surface area contributed by atoms with Gasteiger partial charge in [0, 0.05) is 19.0 Å². The third kappa shape index (κ3) is 4.20. The molecule has 1 saturated heterocycles. The summed E-state index contributed by atoms with van der Waals surface area (Å²) in [5.41, 5.74) is 0.214. The molecular formula is C12H24N2O. The average molecular weight is 212 g/mol. The molecule has 1 amide bonds. The zero-order valence-corrected chi connectivity index (χ0v) is 10.4. The Kier molecular flexibility index (Phi) is 4.14. The van der Waals surface area contributed by atoms with Crippen LogP contribution in [-0.4, -0.2) is 25.0 Å². The molecule has 0 saturated carbocycles. The maximum absolute atomic E-state index is 11.7. The molecule has 0 aromatic rings. The molecule has 1 aliphatic heterocycles. The Labute approximate surface area is 93.0 Å². The summed E-state index contributed by atoms with van der Waals surface area (Å²) in [5, 5.41) is 6.33. The van der Waals surface area contributed by atoms with Crippen molar-refractivity contribution >= 4 is 5.91 Å².